The van der Waals surface area contributed by atoms with E-state index >= 15 is 0 Å². The molecule has 0 saturated heterocycles. The highest BCUT2D eigenvalue weighted by Crippen LogP contribution is 2.19. The maximum Gasteiger partial charge on any atom is 0.326 e. The number of nitrogens with two attached hydrogens (primary N) is 1. The van der Waals surface area contributed by atoms with Crippen LogP contribution in [0.5, 0.6) is 5.75 Å². The number of aromatic hydroxyl groups is 1. The quantitative estimate of drug-likeness (QED) is 0.156. The van der Waals surface area contributed by atoms with E-state index in [-0.39, 0.29) is 18.6 Å². The molecule has 0 radical (unpaired) electrons. The second-order valence-electron chi connectivity index (χ2n) is 9.41. The number of phenols is 1. The number of H-pyrrole nitrogens is 1. The Kier molecular flexibility index (Phi) is 9.63. The van der Waals surface area contributed by atoms with Gasteiger partial charge in [-0.1, -0.05) is 30.3 Å². The average Bonchev–Trinajstić information content (AvgIpc) is 3.29. The Bertz CT molecular complexity index is 1320. The molecule has 0 spiro atoms. The Labute approximate surface area is 224 Å². The molecule has 0 saturated carbocycles. The summed E-state index contributed by atoms with van der Waals surface area (Å²) < 4.78 is 0. The molecule has 3 aromatic rings. The van der Waals surface area contributed by atoms with Gasteiger partial charge in [-0.2, -0.15) is 0 Å². The van der Waals surface area contributed by atoms with Gasteiger partial charge < -0.3 is 42.0 Å². The molecule has 9 N–H and O–H groups in total. The van der Waals surface area contributed by atoms with Crippen LogP contribution in [0.15, 0.2) is 54.7 Å². The molecular formula is C27H33N5O7. The fraction of sp³-hybridized carbons (Fsp3) is 0.333. The van der Waals surface area contributed by atoms with Gasteiger partial charge in [-0.25, -0.2) is 4.79 Å². The average molecular weight is 540 g/mol. The van der Waals surface area contributed by atoms with E-state index in [1.54, 1.807) is 6.20 Å². The molecule has 0 aliphatic carbocycles. The fourth-order valence-corrected chi connectivity index (χ4v) is 4.02. The van der Waals surface area contributed by atoms with Crippen molar-refractivity contribution in [3.8, 4) is 5.75 Å². The number of hydrogen-bond acceptors (Lipinski definition) is 7. The number of carbonyl (C=O) groups excluding carboxylic acids is 3. The van der Waals surface area contributed by atoms with Gasteiger partial charge >= 0.3 is 5.97 Å². The summed E-state index contributed by atoms with van der Waals surface area (Å²) in [6.45, 7) is 2.72. The fourth-order valence-electron chi connectivity index (χ4n) is 4.02. The van der Waals surface area contributed by atoms with E-state index in [1.807, 2.05) is 24.3 Å². The second kappa shape index (κ2) is 12.9. The number of aliphatic carboxylic acids is 1. The Hall–Kier alpha value is -4.42. The van der Waals surface area contributed by atoms with Crippen molar-refractivity contribution in [2.24, 2.45) is 5.73 Å². The minimum atomic E-state index is -1.41. The number of carbonyl (C=O) groups is 4. The number of hydrogen-bond donors (Lipinski definition) is 8. The summed E-state index contributed by atoms with van der Waals surface area (Å²) in [5.74, 6) is -3.57. The van der Waals surface area contributed by atoms with Gasteiger partial charge in [-0.05, 0) is 43.2 Å². The van der Waals surface area contributed by atoms with Gasteiger partial charge in [-0.15, -0.1) is 0 Å². The molecule has 5 unspecified atom stereocenters. The van der Waals surface area contributed by atoms with E-state index in [0.29, 0.717) is 11.1 Å². The lowest BCUT2D eigenvalue weighted by molar-refractivity contribution is -0.142. The number of amides is 3. The van der Waals surface area contributed by atoms with Crippen LogP contribution in [0.25, 0.3) is 10.9 Å². The number of benzene rings is 2. The van der Waals surface area contributed by atoms with Crippen molar-refractivity contribution >= 4 is 34.6 Å². The van der Waals surface area contributed by atoms with Gasteiger partial charge in [0.05, 0.1) is 12.1 Å². The van der Waals surface area contributed by atoms with Crippen LogP contribution in [0, 0.1) is 0 Å². The van der Waals surface area contributed by atoms with Gasteiger partial charge in [0.1, 0.15) is 23.9 Å². The van der Waals surface area contributed by atoms with Crippen molar-refractivity contribution in [1.29, 1.82) is 0 Å². The van der Waals surface area contributed by atoms with Crippen LogP contribution in [0.2, 0.25) is 0 Å². The zero-order valence-corrected chi connectivity index (χ0v) is 21.5. The monoisotopic (exact) mass is 539 g/mol. The molecule has 3 rings (SSSR count). The van der Waals surface area contributed by atoms with Gasteiger partial charge in [-0.3, -0.25) is 14.4 Å². The standard InChI is InChI=1S/C27H33N5O7/c1-14(28)24(35)32-23(15(2)33)26(37)30-21(12-17-13-29-20-6-4-3-5-19(17)20)25(36)31-22(27(38)39)11-16-7-9-18(34)10-8-16/h3-10,13-15,21-23,29,33-34H,11-12,28H2,1-2H3,(H,30,37)(H,31,36)(H,32,35)(H,38,39). The molecule has 1 heterocycles. The van der Waals surface area contributed by atoms with E-state index in [2.05, 4.69) is 20.9 Å². The zero-order valence-electron chi connectivity index (χ0n) is 21.5. The lowest BCUT2D eigenvalue weighted by Crippen LogP contribution is -2.60. The Morgan fingerprint density at radius 2 is 1.51 bits per heavy atom. The lowest BCUT2D eigenvalue weighted by Gasteiger charge is -2.26. The molecule has 2 aromatic carbocycles. The molecule has 3 amide bonds. The second-order valence-corrected chi connectivity index (χ2v) is 9.41. The van der Waals surface area contributed by atoms with E-state index in [1.165, 1.54) is 38.1 Å². The summed E-state index contributed by atoms with van der Waals surface area (Å²) in [5.41, 5.74) is 7.62. The number of aromatic amines is 1. The van der Waals surface area contributed by atoms with E-state index in [9.17, 15) is 34.5 Å². The first kappa shape index (κ1) is 29.1. The largest absolute Gasteiger partial charge is 0.508 e. The third-order valence-electron chi connectivity index (χ3n) is 6.20. The zero-order chi connectivity index (χ0) is 28.7. The maximum absolute atomic E-state index is 13.4. The van der Waals surface area contributed by atoms with E-state index < -0.39 is 54.0 Å². The van der Waals surface area contributed by atoms with E-state index in [0.717, 1.165) is 10.9 Å². The third-order valence-corrected chi connectivity index (χ3v) is 6.20. The maximum atomic E-state index is 13.4. The number of aliphatic hydroxyl groups excluding tert-OH is 1. The molecule has 39 heavy (non-hydrogen) atoms. The molecule has 0 aliphatic rings. The highest BCUT2D eigenvalue weighted by molar-refractivity contribution is 5.95. The first-order chi connectivity index (χ1) is 18.5. The predicted octanol–water partition coefficient (Wildman–Crippen LogP) is -0.0743. The van der Waals surface area contributed by atoms with Crippen molar-refractivity contribution in [3.05, 3.63) is 65.9 Å². The Morgan fingerprint density at radius 1 is 0.872 bits per heavy atom. The first-order valence-electron chi connectivity index (χ1n) is 12.4. The molecule has 12 heteroatoms. The summed E-state index contributed by atoms with van der Waals surface area (Å²) in [7, 11) is 0. The summed E-state index contributed by atoms with van der Waals surface area (Å²) in [4.78, 5) is 53.7. The van der Waals surface area contributed by atoms with Crippen molar-refractivity contribution < 1.29 is 34.5 Å². The molecule has 12 nitrogen and oxygen atoms in total. The summed E-state index contributed by atoms with van der Waals surface area (Å²) in [6, 6.07) is 8.28. The topological polar surface area (TPSA) is 207 Å². The third kappa shape index (κ3) is 7.79. The summed E-state index contributed by atoms with van der Waals surface area (Å²) in [6.07, 6.45) is 0.286. The Balaban J connectivity index is 1.86. The van der Waals surface area contributed by atoms with Crippen LogP contribution in [0.4, 0.5) is 0 Å². The SMILES string of the molecule is CC(N)C(=O)NC(C(=O)NC(Cc1c[nH]c2ccccc12)C(=O)NC(Cc1ccc(O)cc1)C(=O)O)C(C)O. The number of phenolic OH excluding ortho intramolecular Hbond substituents is 1. The normalized spacial score (nSPS) is 15.0. The number of carboxylic acids is 1. The summed E-state index contributed by atoms with van der Waals surface area (Å²) in [5, 5.41) is 37.6. The molecule has 208 valence electrons. The number of aromatic nitrogens is 1. The van der Waals surface area contributed by atoms with Crippen LogP contribution in [-0.2, 0) is 32.0 Å². The van der Waals surface area contributed by atoms with Crippen LogP contribution in [0.3, 0.4) is 0 Å². The molecular weight excluding hydrogens is 506 g/mol. The van der Waals surface area contributed by atoms with Gasteiger partial charge in [0, 0.05) is 29.9 Å². The van der Waals surface area contributed by atoms with Crippen LogP contribution in [0.1, 0.15) is 25.0 Å². The minimum absolute atomic E-state index is 0.0130. The number of aliphatic hydroxyl groups is 1. The van der Waals surface area contributed by atoms with Crippen LogP contribution in [-0.4, -0.2) is 74.3 Å². The number of carboxylic acid groups (broad SMARTS) is 1. The number of fused-ring (bicyclic) bond motifs is 1. The summed E-state index contributed by atoms with van der Waals surface area (Å²) >= 11 is 0. The van der Waals surface area contributed by atoms with Crippen molar-refractivity contribution in [2.75, 3.05) is 0 Å². The molecule has 0 bridgehead atoms. The van der Waals surface area contributed by atoms with Crippen molar-refractivity contribution in [3.63, 3.8) is 0 Å². The molecule has 0 aliphatic heterocycles. The highest BCUT2D eigenvalue weighted by atomic mass is 16.4. The van der Waals surface area contributed by atoms with Crippen LogP contribution < -0.4 is 21.7 Å². The number of rotatable bonds is 12. The Morgan fingerprint density at radius 3 is 2.13 bits per heavy atom. The van der Waals surface area contributed by atoms with Gasteiger partial charge in [0.15, 0.2) is 0 Å². The smallest absolute Gasteiger partial charge is 0.326 e. The van der Waals surface area contributed by atoms with Crippen molar-refractivity contribution in [1.82, 2.24) is 20.9 Å². The highest BCUT2D eigenvalue weighted by Gasteiger charge is 2.32. The van der Waals surface area contributed by atoms with Crippen molar-refractivity contribution in [2.45, 2.75) is 57.0 Å². The van der Waals surface area contributed by atoms with Crippen LogP contribution >= 0.6 is 0 Å². The minimum Gasteiger partial charge on any atom is -0.508 e. The number of para-hydroxylation sites is 1. The predicted molar refractivity (Wildman–Crippen MR) is 143 cm³/mol. The van der Waals surface area contributed by atoms with E-state index in [4.69, 9.17) is 5.73 Å². The first-order valence-corrected chi connectivity index (χ1v) is 12.4. The molecule has 0 fully saturated rings. The van der Waals surface area contributed by atoms with Gasteiger partial charge in [0.25, 0.3) is 0 Å². The molecule has 5 atom stereocenters. The number of nitrogens with one attached hydrogen (secondary N) is 4. The molecule has 1 aromatic heterocycles. The lowest BCUT2D eigenvalue weighted by atomic mass is 10.0. The van der Waals surface area contributed by atoms with Gasteiger partial charge in [0.2, 0.25) is 17.7 Å².